The molecule has 1 saturated carbocycles. The largest absolute Gasteiger partial charge is 0.465 e. The van der Waals surface area contributed by atoms with Crippen molar-refractivity contribution in [3.8, 4) is 0 Å². The molecule has 1 fully saturated rings. The quantitative estimate of drug-likeness (QED) is 0.576. The first-order chi connectivity index (χ1) is 5.72. The Morgan fingerprint density at radius 2 is 2.00 bits per heavy atom. The van der Waals surface area contributed by atoms with Gasteiger partial charge < -0.3 is 16.2 Å². The van der Waals surface area contributed by atoms with Crippen LogP contribution in [-0.4, -0.2) is 23.8 Å². The minimum absolute atomic E-state index is 0.158. The van der Waals surface area contributed by atoms with Crippen molar-refractivity contribution in [1.82, 2.24) is 5.32 Å². The lowest BCUT2D eigenvalue weighted by Crippen LogP contribution is -2.37. The molecule has 0 unspecified atom stereocenters. The Bertz CT molecular complexity index is 153. The Labute approximate surface area is 72.1 Å². The van der Waals surface area contributed by atoms with E-state index in [1.54, 1.807) is 0 Å². The molecule has 1 rings (SSSR count). The highest BCUT2D eigenvalue weighted by Crippen LogP contribution is 2.22. The van der Waals surface area contributed by atoms with Gasteiger partial charge in [0.1, 0.15) is 0 Å². The Balaban J connectivity index is 2.21. The minimum atomic E-state index is -0.911. The fourth-order valence-electron chi connectivity index (χ4n) is 1.72. The van der Waals surface area contributed by atoms with Crippen molar-refractivity contribution in [3.05, 3.63) is 0 Å². The third-order valence-electron chi connectivity index (χ3n) is 2.51. The summed E-state index contributed by atoms with van der Waals surface area (Å²) in [5.74, 6) is 0.608. The smallest absolute Gasteiger partial charge is 0.404 e. The average Bonchev–Trinajstić information content (AvgIpc) is 2.05. The maximum Gasteiger partial charge on any atom is 0.404 e. The summed E-state index contributed by atoms with van der Waals surface area (Å²) < 4.78 is 0. The molecule has 0 bridgehead atoms. The van der Waals surface area contributed by atoms with Crippen molar-refractivity contribution >= 4 is 6.09 Å². The summed E-state index contributed by atoms with van der Waals surface area (Å²) in [6.07, 6.45) is 3.08. The van der Waals surface area contributed by atoms with Gasteiger partial charge in [-0.3, -0.25) is 0 Å². The van der Waals surface area contributed by atoms with Gasteiger partial charge in [-0.1, -0.05) is 0 Å². The van der Waals surface area contributed by atoms with Crippen LogP contribution in [0.4, 0.5) is 4.79 Å². The third-order valence-corrected chi connectivity index (χ3v) is 2.51. The van der Waals surface area contributed by atoms with E-state index in [-0.39, 0.29) is 6.04 Å². The summed E-state index contributed by atoms with van der Waals surface area (Å²) in [6, 6.07) is 0.158. The second-order valence-corrected chi connectivity index (χ2v) is 3.40. The minimum Gasteiger partial charge on any atom is -0.465 e. The van der Waals surface area contributed by atoms with Crippen LogP contribution in [0.2, 0.25) is 0 Å². The van der Waals surface area contributed by atoms with E-state index in [4.69, 9.17) is 10.8 Å². The molecule has 0 aromatic rings. The summed E-state index contributed by atoms with van der Waals surface area (Å²) in [7, 11) is 0. The van der Waals surface area contributed by atoms with Gasteiger partial charge >= 0.3 is 6.09 Å². The van der Waals surface area contributed by atoms with Crippen LogP contribution >= 0.6 is 0 Å². The third kappa shape index (κ3) is 2.70. The molecular formula is C8H16N2O2. The van der Waals surface area contributed by atoms with Crippen LogP contribution in [0.15, 0.2) is 0 Å². The molecule has 4 heteroatoms. The number of nitrogens with two attached hydrogens (primary N) is 1. The first-order valence-corrected chi connectivity index (χ1v) is 4.42. The van der Waals surface area contributed by atoms with Crippen LogP contribution < -0.4 is 11.1 Å². The second kappa shape index (κ2) is 4.30. The average molecular weight is 172 g/mol. The molecule has 0 radical (unpaired) electrons. The fraction of sp³-hybridized carbons (Fsp3) is 0.875. The van der Waals surface area contributed by atoms with Crippen LogP contribution in [-0.2, 0) is 0 Å². The molecule has 1 amide bonds. The van der Waals surface area contributed by atoms with Gasteiger partial charge in [0, 0.05) is 6.04 Å². The van der Waals surface area contributed by atoms with Gasteiger partial charge in [-0.15, -0.1) is 0 Å². The van der Waals surface area contributed by atoms with Crippen molar-refractivity contribution < 1.29 is 9.90 Å². The second-order valence-electron chi connectivity index (χ2n) is 3.40. The SMILES string of the molecule is NC[C@H]1CC[C@@H](NC(=O)O)CC1. The zero-order chi connectivity index (χ0) is 8.97. The molecule has 1 aliphatic carbocycles. The number of nitrogens with one attached hydrogen (secondary N) is 1. The van der Waals surface area contributed by atoms with Gasteiger partial charge in [0.15, 0.2) is 0 Å². The standard InChI is InChI=1S/C8H16N2O2/c9-5-6-1-3-7(4-2-6)10-8(11)12/h6-7,10H,1-5,9H2,(H,11,12)/t6-,7+. The predicted molar refractivity (Wildman–Crippen MR) is 46.0 cm³/mol. The molecule has 0 aliphatic heterocycles. The van der Waals surface area contributed by atoms with E-state index in [2.05, 4.69) is 5.32 Å². The monoisotopic (exact) mass is 172 g/mol. The van der Waals surface area contributed by atoms with Crippen LogP contribution in [0.1, 0.15) is 25.7 Å². The lowest BCUT2D eigenvalue weighted by atomic mass is 9.86. The number of hydrogen-bond donors (Lipinski definition) is 3. The Kier molecular flexibility index (Phi) is 3.34. The predicted octanol–water partition coefficient (Wildman–Crippen LogP) is 0.771. The lowest BCUT2D eigenvalue weighted by Gasteiger charge is -2.27. The molecule has 0 heterocycles. The van der Waals surface area contributed by atoms with Crippen molar-refractivity contribution in [1.29, 1.82) is 0 Å². The number of rotatable bonds is 2. The van der Waals surface area contributed by atoms with E-state index >= 15 is 0 Å². The molecule has 0 saturated heterocycles. The van der Waals surface area contributed by atoms with E-state index in [0.717, 1.165) is 32.2 Å². The molecule has 0 aromatic heterocycles. The van der Waals surface area contributed by atoms with Gasteiger partial charge in [0.2, 0.25) is 0 Å². The molecule has 70 valence electrons. The van der Waals surface area contributed by atoms with Gasteiger partial charge in [-0.05, 0) is 38.1 Å². The molecule has 0 atom stereocenters. The highest BCUT2D eigenvalue weighted by molar-refractivity contribution is 5.64. The summed E-state index contributed by atoms with van der Waals surface area (Å²) in [5, 5.41) is 11.0. The molecule has 4 nitrogen and oxygen atoms in total. The number of carboxylic acid groups (broad SMARTS) is 1. The Morgan fingerprint density at radius 3 is 2.42 bits per heavy atom. The summed E-state index contributed by atoms with van der Waals surface area (Å²) in [6.45, 7) is 0.736. The number of hydrogen-bond acceptors (Lipinski definition) is 2. The summed E-state index contributed by atoms with van der Waals surface area (Å²) in [5.41, 5.74) is 5.51. The number of amides is 1. The van der Waals surface area contributed by atoms with Gasteiger partial charge in [0.25, 0.3) is 0 Å². The van der Waals surface area contributed by atoms with Crippen molar-refractivity contribution in [2.75, 3.05) is 6.54 Å². The van der Waals surface area contributed by atoms with Crippen molar-refractivity contribution in [3.63, 3.8) is 0 Å². The Morgan fingerprint density at radius 1 is 1.42 bits per heavy atom. The first-order valence-electron chi connectivity index (χ1n) is 4.42. The maximum absolute atomic E-state index is 10.3. The van der Waals surface area contributed by atoms with Gasteiger partial charge in [0.05, 0.1) is 0 Å². The number of carbonyl (C=O) groups is 1. The van der Waals surface area contributed by atoms with Crippen LogP contribution in [0.3, 0.4) is 0 Å². The first kappa shape index (κ1) is 9.32. The van der Waals surface area contributed by atoms with Crippen molar-refractivity contribution in [2.24, 2.45) is 11.7 Å². The summed E-state index contributed by atoms with van der Waals surface area (Å²) in [4.78, 5) is 10.3. The molecule has 1 aliphatic rings. The van der Waals surface area contributed by atoms with Gasteiger partial charge in [-0.25, -0.2) is 4.79 Å². The van der Waals surface area contributed by atoms with E-state index in [9.17, 15) is 4.79 Å². The molecule has 0 spiro atoms. The molecule has 12 heavy (non-hydrogen) atoms. The molecular weight excluding hydrogens is 156 g/mol. The van der Waals surface area contributed by atoms with E-state index in [0.29, 0.717) is 5.92 Å². The zero-order valence-electron chi connectivity index (χ0n) is 7.12. The lowest BCUT2D eigenvalue weighted by molar-refractivity contribution is 0.182. The van der Waals surface area contributed by atoms with E-state index in [1.165, 1.54) is 0 Å². The summed E-state index contributed by atoms with van der Waals surface area (Å²) >= 11 is 0. The highest BCUT2D eigenvalue weighted by Gasteiger charge is 2.20. The normalized spacial score (nSPS) is 29.8. The fourth-order valence-corrected chi connectivity index (χ4v) is 1.72. The molecule has 4 N–H and O–H groups in total. The topological polar surface area (TPSA) is 75.3 Å². The zero-order valence-corrected chi connectivity index (χ0v) is 7.12. The Hall–Kier alpha value is -0.770. The van der Waals surface area contributed by atoms with E-state index in [1.807, 2.05) is 0 Å². The van der Waals surface area contributed by atoms with E-state index < -0.39 is 6.09 Å². The van der Waals surface area contributed by atoms with Crippen LogP contribution in [0.5, 0.6) is 0 Å². The van der Waals surface area contributed by atoms with Crippen molar-refractivity contribution in [2.45, 2.75) is 31.7 Å². The van der Waals surface area contributed by atoms with Gasteiger partial charge in [-0.2, -0.15) is 0 Å². The van der Waals surface area contributed by atoms with Crippen LogP contribution in [0.25, 0.3) is 0 Å². The molecule has 0 aromatic carbocycles. The maximum atomic E-state index is 10.3. The van der Waals surface area contributed by atoms with Crippen LogP contribution in [0, 0.1) is 5.92 Å². The highest BCUT2D eigenvalue weighted by atomic mass is 16.4.